The van der Waals surface area contributed by atoms with Crippen LogP contribution < -0.4 is 5.73 Å². The number of carbonyl (C=O) groups excluding carboxylic acids is 2. The molecule has 5 nitrogen and oxygen atoms in total. The third-order valence-electron chi connectivity index (χ3n) is 7.09. The van der Waals surface area contributed by atoms with E-state index >= 15 is 0 Å². The zero-order valence-electron chi connectivity index (χ0n) is 16.8. The summed E-state index contributed by atoms with van der Waals surface area (Å²) in [7, 11) is 0. The Morgan fingerprint density at radius 2 is 1.96 bits per heavy atom. The van der Waals surface area contributed by atoms with Crippen LogP contribution in [0.25, 0.3) is 0 Å². The molecule has 3 aliphatic rings. The summed E-state index contributed by atoms with van der Waals surface area (Å²) in [6.07, 6.45) is 3.47. The molecule has 2 N–H and O–H groups in total. The van der Waals surface area contributed by atoms with Crippen molar-refractivity contribution in [1.82, 2.24) is 0 Å². The maximum Gasteiger partial charge on any atom is 0.313 e. The molecule has 1 aromatic carbocycles. The fourth-order valence-electron chi connectivity index (χ4n) is 5.37. The van der Waals surface area contributed by atoms with Crippen molar-refractivity contribution in [3.63, 3.8) is 0 Å². The van der Waals surface area contributed by atoms with Gasteiger partial charge in [0.2, 0.25) is 0 Å². The molecule has 0 aromatic heterocycles. The molecular formula is C23H29NO4. The Hall–Kier alpha value is -2.14. The van der Waals surface area contributed by atoms with Crippen LogP contribution in [0.15, 0.2) is 42.0 Å². The average molecular weight is 383 g/mol. The molecule has 1 aliphatic heterocycles. The highest BCUT2D eigenvalue weighted by atomic mass is 16.6. The van der Waals surface area contributed by atoms with Gasteiger partial charge in [-0.3, -0.25) is 9.59 Å². The molecule has 1 heterocycles. The fraction of sp³-hybridized carbons (Fsp3) is 0.565. The number of rotatable bonds is 3. The Bertz CT molecular complexity index is 800. The fourth-order valence-corrected chi connectivity index (χ4v) is 5.37. The molecule has 6 atom stereocenters. The van der Waals surface area contributed by atoms with E-state index in [0.29, 0.717) is 0 Å². The number of nitrogens with two attached hydrogens (primary N) is 1. The lowest BCUT2D eigenvalue weighted by molar-refractivity contribution is -0.156. The molecule has 2 aliphatic carbocycles. The van der Waals surface area contributed by atoms with Crippen molar-refractivity contribution >= 4 is 11.9 Å². The lowest BCUT2D eigenvalue weighted by Gasteiger charge is -2.49. The number of fused-ring (bicyclic) bond motifs is 2. The third-order valence-corrected chi connectivity index (χ3v) is 7.09. The molecule has 1 saturated carbocycles. The highest BCUT2D eigenvalue weighted by Crippen LogP contribution is 2.55. The van der Waals surface area contributed by atoms with E-state index in [9.17, 15) is 9.59 Å². The van der Waals surface area contributed by atoms with Gasteiger partial charge in [0.15, 0.2) is 0 Å². The Labute approximate surface area is 166 Å². The Balaban J connectivity index is 1.65. The number of cyclic esters (lactones) is 1. The molecule has 0 bridgehead atoms. The van der Waals surface area contributed by atoms with Gasteiger partial charge >= 0.3 is 11.9 Å². The maximum atomic E-state index is 13.3. The smallest absolute Gasteiger partial charge is 0.313 e. The van der Waals surface area contributed by atoms with Gasteiger partial charge in [0.1, 0.15) is 12.7 Å². The summed E-state index contributed by atoms with van der Waals surface area (Å²) in [4.78, 5) is 25.7. The van der Waals surface area contributed by atoms with Gasteiger partial charge in [0.25, 0.3) is 0 Å². The highest BCUT2D eigenvalue weighted by Gasteiger charge is 2.57. The average Bonchev–Trinajstić information content (AvgIpc) is 2.96. The van der Waals surface area contributed by atoms with Crippen molar-refractivity contribution in [2.45, 2.75) is 52.4 Å². The summed E-state index contributed by atoms with van der Waals surface area (Å²) < 4.78 is 11.3. The first-order valence-electron chi connectivity index (χ1n) is 10.2. The minimum absolute atomic E-state index is 0.0161. The molecule has 2 fully saturated rings. The van der Waals surface area contributed by atoms with Gasteiger partial charge in [-0.15, -0.1) is 0 Å². The van der Waals surface area contributed by atoms with Crippen molar-refractivity contribution in [3.05, 3.63) is 47.5 Å². The monoisotopic (exact) mass is 383 g/mol. The topological polar surface area (TPSA) is 78.6 Å². The molecule has 1 saturated heterocycles. The molecular weight excluding hydrogens is 354 g/mol. The second-order valence-electron chi connectivity index (χ2n) is 9.00. The zero-order chi connectivity index (χ0) is 20.1. The quantitative estimate of drug-likeness (QED) is 0.640. The normalized spacial score (nSPS) is 36.0. The van der Waals surface area contributed by atoms with E-state index in [0.717, 1.165) is 24.0 Å². The van der Waals surface area contributed by atoms with E-state index in [1.807, 2.05) is 37.3 Å². The maximum absolute atomic E-state index is 13.3. The predicted octanol–water partition coefficient (Wildman–Crippen LogP) is 3.23. The van der Waals surface area contributed by atoms with Crippen molar-refractivity contribution < 1.29 is 19.1 Å². The molecule has 150 valence electrons. The minimum atomic E-state index is -0.389. The van der Waals surface area contributed by atoms with Gasteiger partial charge in [-0.2, -0.15) is 0 Å². The molecule has 4 rings (SSSR count). The Morgan fingerprint density at radius 3 is 2.68 bits per heavy atom. The van der Waals surface area contributed by atoms with E-state index in [1.54, 1.807) is 0 Å². The number of benzene rings is 1. The molecule has 1 unspecified atom stereocenters. The van der Waals surface area contributed by atoms with Gasteiger partial charge in [0.05, 0.1) is 11.8 Å². The zero-order valence-corrected chi connectivity index (χ0v) is 16.8. The summed E-state index contributed by atoms with van der Waals surface area (Å²) in [5.41, 5.74) is 8.23. The number of hydrogen-bond acceptors (Lipinski definition) is 5. The molecule has 28 heavy (non-hydrogen) atoms. The highest BCUT2D eigenvalue weighted by molar-refractivity contribution is 5.82. The van der Waals surface area contributed by atoms with Crippen LogP contribution in [-0.2, 0) is 25.7 Å². The molecule has 0 amide bonds. The van der Waals surface area contributed by atoms with E-state index in [2.05, 4.69) is 19.9 Å². The van der Waals surface area contributed by atoms with Gasteiger partial charge in [-0.25, -0.2) is 0 Å². The Kier molecular flexibility index (Phi) is 4.82. The number of ether oxygens (including phenoxy) is 2. The lowest BCUT2D eigenvalue weighted by atomic mass is 9.55. The minimum Gasteiger partial charge on any atom is -0.462 e. The first-order valence-corrected chi connectivity index (χ1v) is 10.2. The third kappa shape index (κ3) is 3.06. The number of hydrogen-bond donors (Lipinski definition) is 1. The van der Waals surface area contributed by atoms with Crippen molar-refractivity contribution in [2.24, 2.45) is 34.8 Å². The molecule has 0 spiro atoms. The van der Waals surface area contributed by atoms with Crippen LogP contribution in [0, 0.1) is 29.1 Å². The largest absolute Gasteiger partial charge is 0.462 e. The summed E-state index contributed by atoms with van der Waals surface area (Å²) in [6.45, 7) is 6.36. The van der Waals surface area contributed by atoms with Crippen molar-refractivity contribution in [1.29, 1.82) is 0 Å². The predicted molar refractivity (Wildman–Crippen MR) is 105 cm³/mol. The number of carbonyl (C=O) groups is 2. The van der Waals surface area contributed by atoms with E-state index in [4.69, 9.17) is 15.2 Å². The summed E-state index contributed by atoms with van der Waals surface area (Å²) in [5, 5.41) is 0. The van der Waals surface area contributed by atoms with Crippen LogP contribution in [-0.4, -0.2) is 24.1 Å². The van der Waals surface area contributed by atoms with Crippen LogP contribution in [0.5, 0.6) is 0 Å². The first kappa shape index (κ1) is 19.2. The first-order chi connectivity index (χ1) is 13.3. The van der Waals surface area contributed by atoms with Gasteiger partial charge in [-0.1, -0.05) is 55.8 Å². The van der Waals surface area contributed by atoms with Gasteiger partial charge < -0.3 is 15.2 Å². The van der Waals surface area contributed by atoms with Crippen molar-refractivity contribution in [2.75, 3.05) is 0 Å². The van der Waals surface area contributed by atoms with Crippen LogP contribution in [0.1, 0.15) is 39.2 Å². The molecule has 5 heteroatoms. The van der Waals surface area contributed by atoms with E-state index < -0.39 is 0 Å². The van der Waals surface area contributed by atoms with E-state index in [-0.39, 0.29) is 59.8 Å². The van der Waals surface area contributed by atoms with E-state index in [1.165, 1.54) is 0 Å². The van der Waals surface area contributed by atoms with Gasteiger partial charge in [0, 0.05) is 17.4 Å². The van der Waals surface area contributed by atoms with Gasteiger partial charge in [-0.05, 0) is 31.2 Å². The SMILES string of the molecule is C[C@H]1OC(=O)[C@@H]2C=C3[C@@H](CCC(N)C3(C)C)[C@H](C(=O)OCc3ccccc3)[C@H]12. The Morgan fingerprint density at radius 1 is 1.25 bits per heavy atom. The van der Waals surface area contributed by atoms with Crippen LogP contribution in [0.3, 0.4) is 0 Å². The second-order valence-corrected chi connectivity index (χ2v) is 9.00. The number of esters is 2. The molecule has 0 radical (unpaired) electrons. The standard InChI is InChI=1S/C23H29NO4/c1-13-19-16(21(25)28-13)11-17-15(9-10-18(24)23(17,2)3)20(19)22(26)27-12-14-7-5-4-6-8-14/h4-8,11,13,15-16,18-20H,9-10,12,24H2,1-3H3/t13-,15-,16-,18?,19-,20+/m1/s1. The van der Waals surface area contributed by atoms with Crippen LogP contribution >= 0.6 is 0 Å². The lowest BCUT2D eigenvalue weighted by Crippen LogP contribution is -2.52. The summed E-state index contributed by atoms with van der Waals surface area (Å²) in [5.74, 6) is -1.35. The summed E-state index contributed by atoms with van der Waals surface area (Å²) >= 11 is 0. The second kappa shape index (κ2) is 7.03. The van der Waals surface area contributed by atoms with Crippen molar-refractivity contribution in [3.8, 4) is 0 Å². The summed E-state index contributed by atoms with van der Waals surface area (Å²) in [6, 6.07) is 9.69. The molecule has 1 aromatic rings. The van der Waals surface area contributed by atoms with Crippen LogP contribution in [0.4, 0.5) is 0 Å². The van der Waals surface area contributed by atoms with Crippen LogP contribution in [0.2, 0.25) is 0 Å².